The molecule has 142 valence electrons. The van der Waals surface area contributed by atoms with Gasteiger partial charge in [-0.1, -0.05) is 12.1 Å². The number of amides is 2. The minimum absolute atomic E-state index is 0.0157. The predicted octanol–water partition coefficient (Wildman–Crippen LogP) is 2.92. The van der Waals surface area contributed by atoms with Crippen molar-refractivity contribution in [1.82, 2.24) is 10.2 Å². The van der Waals surface area contributed by atoms with Gasteiger partial charge in [-0.3, -0.25) is 4.79 Å². The Morgan fingerprint density at radius 3 is 2.54 bits per heavy atom. The van der Waals surface area contributed by atoms with E-state index in [1.165, 1.54) is 12.7 Å². The molecular formula is C20H28N2O4. The average molecular weight is 360 g/mol. The third kappa shape index (κ3) is 3.64. The van der Waals surface area contributed by atoms with E-state index >= 15 is 0 Å². The van der Waals surface area contributed by atoms with E-state index in [9.17, 15) is 9.59 Å². The Labute approximate surface area is 154 Å². The number of benzene rings is 1. The summed E-state index contributed by atoms with van der Waals surface area (Å²) in [5.41, 5.74) is 0.941. The predicted molar refractivity (Wildman–Crippen MR) is 98.2 cm³/mol. The Hall–Kier alpha value is -2.24. The Kier molecular flexibility index (Phi) is 5.12. The maximum Gasteiger partial charge on any atom is 0.407 e. The van der Waals surface area contributed by atoms with Crippen LogP contribution in [0.1, 0.15) is 44.1 Å². The normalized spacial score (nSPS) is 29.8. The van der Waals surface area contributed by atoms with Crippen LogP contribution < -0.4 is 10.1 Å². The van der Waals surface area contributed by atoms with E-state index in [0.29, 0.717) is 24.8 Å². The van der Waals surface area contributed by atoms with Gasteiger partial charge >= 0.3 is 6.09 Å². The summed E-state index contributed by atoms with van der Waals surface area (Å²) in [6, 6.07) is 8.46. The molecule has 0 saturated heterocycles. The zero-order valence-electron chi connectivity index (χ0n) is 16.0. The molecule has 0 radical (unpaired) electrons. The monoisotopic (exact) mass is 360 g/mol. The van der Waals surface area contributed by atoms with Crippen LogP contribution in [-0.4, -0.2) is 49.7 Å². The Balaban J connectivity index is 1.48. The third-order valence-corrected chi connectivity index (χ3v) is 5.91. The SMILES string of the molecule is COC(=O)NC1(C)CC(C(=O)N(C)C2CC(c3cccc(OC)c3)C2)C1. The summed E-state index contributed by atoms with van der Waals surface area (Å²) in [7, 11) is 4.93. The molecule has 0 unspecified atom stereocenters. The average Bonchev–Trinajstić information content (AvgIpc) is 2.57. The molecule has 0 aliphatic heterocycles. The number of nitrogens with one attached hydrogen (secondary N) is 1. The Morgan fingerprint density at radius 2 is 1.92 bits per heavy atom. The fraction of sp³-hybridized carbons (Fsp3) is 0.600. The van der Waals surface area contributed by atoms with Gasteiger partial charge in [-0.25, -0.2) is 4.79 Å². The molecule has 2 fully saturated rings. The second kappa shape index (κ2) is 7.17. The number of hydrogen-bond donors (Lipinski definition) is 1. The lowest BCUT2D eigenvalue weighted by Crippen LogP contribution is -2.59. The second-order valence-electron chi connectivity index (χ2n) is 7.83. The summed E-state index contributed by atoms with van der Waals surface area (Å²) in [5, 5.41) is 2.82. The number of ether oxygens (including phenoxy) is 2. The maximum absolute atomic E-state index is 12.7. The standard InChI is InChI=1S/C20H28N2O4/c1-20(21-19(24)26-4)11-15(12-20)18(23)22(2)16-8-14(9-16)13-6-5-7-17(10-13)25-3/h5-7,10,14-16H,8-9,11-12H2,1-4H3,(H,21,24). The van der Waals surface area contributed by atoms with Crippen molar-refractivity contribution in [3.8, 4) is 5.75 Å². The lowest BCUT2D eigenvalue weighted by Gasteiger charge is -2.48. The van der Waals surface area contributed by atoms with Crippen LogP contribution in [0.25, 0.3) is 0 Å². The van der Waals surface area contributed by atoms with Gasteiger partial charge in [-0.15, -0.1) is 0 Å². The van der Waals surface area contributed by atoms with Gasteiger partial charge in [-0.2, -0.15) is 0 Å². The molecule has 2 amide bonds. The molecule has 1 aromatic rings. The molecule has 26 heavy (non-hydrogen) atoms. The van der Waals surface area contributed by atoms with Crippen LogP contribution in [0.5, 0.6) is 5.75 Å². The molecule has 0 spiro atoms. The van der Waals surface area contributed by atoms with Crippen LogP contribution in [0, 0.1) is 5.92 Å². The smallest absolute Gasteiger partial charge is 0.407 e. The minimum atomic E-state index is -0.438. The molecule has 1 aromatic carbocycles. The molecule has 3 rings (SSSR count). The second-order valence-corrected chi connectivity index (χ2v) is 7.83. The summed E-state index contributed by atoms with van der Waals surface area (Å²) >= 11 is 0. The summed E-state index contributed by atoms with van der Waals surface area (Å²) in [6.07, 6.45) is 2.86. The zero-order valence-corrected chi connectivity index (χ0v) is 16.0. The van der Waals surface area contributed by atoms with Gasteiger partial charge in [0.2, 0.25) is 5.91 Å². The number of nitrogens with zero attached hydrogens (tertiary/aromatic N) is 1. The number of alkyl carbamates (subject to hydrolysis) is 1. The number of carbonyl (C=O) groups excluding carboxylic acids is 2. The molecule has 6 nitrogen and oxygen atoms in total. The quantitative estimate of drug-likeness (QED) is 0.877. The van der Waals surface area contributed by atoms with E-state index < -0.39 is 6.09 Å². The van der Waals surface area contributed by atoms with Crippen LogP contribution in [0.2, 0.25) is 0 Å². The fourth-order valence-corrected chi connectivity index (χ4v) is 4.14. The fourth-order valence-electron chi connectivity index (χ4n) is 4.14. The van der Waals surface area contributed by atoms with Crippen molar-refractivity contribution < 1.29 is 19.1 Å². The van der Waals surface area contributed by atoms with Crippen LogP contribution in [0.3, 0.4) is 0 Å². The van der Waals surface area contributed by atoms with Crippen molar-refractivity contribution in [2.24, 2.45) is 5.92 Å². The molecule has 0 heterocycles. The van der Waals surface area contributed by atoms with E-state index in [-0.39, 0.29) is 17.4 Å². The van der Waals surface area contributed by atoms with Gasteiger partial charge in [0.05, 0.1) is 14.2 Å². The van der Waals surface area contributed by atoms with Crippen molar-refractivity contribution in [3.63, 3.8) is 0 Å². The Morgan fingerprint density at radius 1 is 1.23 bits per heavy atom. The number of carbonyl (C=O) groups is 2. The first-order valence-electron chi connectivity index (χ1n) is 9.12. The van der Waals surface area contributed by atoms with Crippen molar-refractivity contribution in [3.05, 3.63) is 29.8 Å². The minimum Gasteiger partial charge on any atom is -0.497 e. The molecule has 1 N–H and O–H groups in total. The molecule has 0 atom stereocenters. The van der Waals surface area contributed by atoms with E-state index in [1.54, 1.807) is 7.11 Å². The van der Waals surface area contributed by atoms with Crippen molar-refractivity contribution in [2.45, 2.75) is 50.1 Å². The van der Waals surface area contributed by atoms with E-state index in [0.717, 1.165) is 18.6 Å². The Bertz CT molecular complexity index is 678. The summed E-state index contributed by atoms with van der Waals surface area (Å²) in [6.45, 7) is 1.95. The first kappa shape index (κ1) is 18.5. The highest BCUT2D eigenvalue weighted by molar-refractivity contribution is 5.81. The van der Waals surface area contributed by atoms with Gasteiger partial charge in [0.25, 0.3) is 0 Å². The zero-order chi connectivity index (χ0) is 18.9. The number of rotatable bonds is 5. The molecular weight excluding hydrogens is 332 g/mol. The van der Waals surface area contributed by atoms with Gasteiger partial charge in [0.1, 0.15) is 5.75 Å². The highest BCUT2D eigenvalue weighted by Crippen LogP contribution is 2.43. The first-order chi connectivity index (χ1) is 12.3. The molecule has 2 saturated carbocycles. The van der Waals surface area contributed by atoms with Gasteiger partial charge < -0.3 is 19.7 Å². The van der Waals surface area contributed by atoms with Crippen LogP contribution in [-0.2, 0) is 9.53 Å². The molecule has 2 aliphatic carbocycles. The third-order valence-electron chi connectivity index (χ3n) is 5.91. The van der Waals surface area contributed by atoms with E-state index in [2.05, 4.69) is 22.2 Å². The highest BCUT2D eigenvalue weighted by atomic mass is 16.5. The van der Waals surface area contributed by atoms with E-state index in [1.807, 2.05) is 31.0 Å². The van der Waals surface area contributed by atoms with Crippen LogP contribution in [0.4, 0.5) is 4.79 Å². The van der Waals surface area contributed by atoms with Crippen LogP contribution >= 0.6 is 0 Å². The van der Waals surface area contributed by atoms with Crippen LogP contribution in [0.15, 0.2) is 24.3 Å². The molecule has 0 bridgehead atoms. The van der Waals surface area contributed by atoms with E-state index in [4.69, 9.17) is 4.74 Å². The lowest BCUT2D eigenvalue weighted by atomic mass is 9.68. The largest absolute Gasteiger partial charge is 0.497 e. The molecule has 0 aromatic heterocycles. The molecule has 6 heteroatoms. The molecule has 2 aliphatic rings. The first-order valence-corrected chi connectivity index (χ1v) is 9.12. The number of hydrogen-bond acceptors (Lipinski definition) is 4. The highest BCUT2D eigenvalue weighted by Gasteiger charge is 2.47. The maximum atomic E-state index is 12.7. The van der Waals surface area contributed by atoms with Gasteiger partial charge in [-0.05, 0) is 56.2 Å². The van der Waals surface area contributed by atoms with Crippen molar-refractivity contribution >= 4 is 12.0 Å². The van der Waals surface area contributed by atoms with Gasteiger partial charge in [0.15, 0.2) is 0 Å². The summed E-state index contributed by atoms with van der Waals surface area (Å²) in [5.74, 6) is 1.53. The lowest BCUT2D eigenvalue weighted by molar-refractivity contribution is -0.143. The number of methoxy groups -OCH3 is 2. The van der Waals surface area contributed by atoms with Crippen molar-refractivity contribution in [1.29, 1.82) is 0 Å². The van der Waals surface area contributed by atoms with Gasteiger partial charge in [0, 0.05) is 24.5 Å². The topological polar surface area (TPSA) is 67.9 Å². The summed E-state index contributed by atoms with van der Waals surface area (Å²) < 4.78 is 9.94. The van der Waals surface area contributed by atoms with Crippen molar-refractivity contribution in [2.75, 3.05) is 21.3 Å². The summed E-state index contributed by atoms with van der Waals surface area (Å²) in [4.78, 5) is 26.0.